The highest BCUT2D eigenvalue weighted by molar-refractivity contribution is 6.32. The molecule has 25 heavy (non-hydrogen) atoms. The molecule has 1 aromatic rings. The molecule has 1 saturated heterocycles. The number of methoxy groups -OCH3 is 1. The summed E-state index contributed by atoms with van der Waals surface area (Å²) >= 11 is 5.99. The Morgan fingerprint density at radius 1 is 1.24 bits per heavy atom. The van der Waals surface area contributed by atoms with Crippen LogP contribution in [0.2, 0.25) is 5.02 Å². The molecule has 0 unspecified atom stereocenters. The standard InChI is InChI=1S/C16H22ClN3O5/c1-16(2,3)25-15(21)19-7-5-18(6-8-19)12-10-14(24-4)11(17)9-13(12)20(22)23/h9-10H,5-8H2,1-4H3. The van der Waals surface area contributed by atoms with Crippen molar-refractivity contribution in [3.63, 3.8) is 0 Å². The normalized spacial score (nSPS) is 15.1. The quantitative estimate of drug-likeness (QED) is 0.598. The first kappa shape index (κ1) is 19.1. The van der Waals surface area contributed by atoms with E-state index in [1.165, 1.54) is 13.2 Å². The zero-order valence-corrected chi connectivity index (χ0v) is 15.5. The maximum absolute atomic E-state index is 12.1. The predicted molar refractivity (Wildman–Crippen MR) is 94.7 cm³/mol. The van der Waals surface area contributed by atoms with E-state index in [4.69, 9.17) is 21.1 Å². The summed E-state index contributed by atoms with van der Waals surface area (Å²) in [5, 5.41) is 11.5. The van der Waals surface area contributed by atoms with Crippen molar-refractivity contribution in [2.45, 2.75) is 26.4 Å². The molecule has 0 radical (unpaired) electrons. The van der Waals surface area contributed by atoms with Crippen LogP contribution in [-0.4, -0.2) is 54.8 Å². The van der Waals surface area contributed by atoms with Crippen LogP contribution in [0, 0.1) is 10.1 Å². The molecule has 0 atom stereocenters. The number of carbonyl (C=O) groups excluding carboxylic acids is 1. The lowest BCUT2D eigenvalue weighted by Gasteiger charge is -2.36. The lowest BCUT2D eigenvalue weighted by atomic mass is 10.2. The summed E-state index contributed by atoms with van der Waals surface area (Å²) < 4.78 is 10.5. The van der Waals surface area contributed by atoms with Gasteiger partial charge in [-0.3, -0.25) is 10.1 Å². The molecule has 138 valence electrons. The molecule has 0 aromatic heterocycles. The second-order valence-electron chi connectivity index (χ2n) is 6.69. The van der Waals surface area contributed by atoms with Gasteiger partial charge in [0.2, 0.25) is 0 Å². The molecule has 1 amide bonds. The molecule has 1 fully saturated rings. The van der Waals surface area contributed by atoms with Crippen molar-refractivity contribution < 1.29 is 19.2 Å². The molecule has 0 saturated carbocycles. The van der Waals surface area contributed by atoms with E-state index >= 15 is 0 Å². The molecule has 1 heterocycles. The van der Waals surface area contributed by atoms with Gasteiger partial charge in [0.15, 0.2) is 0 Å². The van der Waals surface area contributed by atoms with Gasteiger partial charge in [-0.05, 0) is 20.8 Å². The second-order valence-corrected chi connectivity index (χ2v) is 7.09. The Morgan fingerprint density at radius 2 is 1.84 bits per heavy atom. The molecule has 0 bridgehead atoms. The number of hydrogen-bond donors (Lipinski definition) is 0. The molecular weight excluding hydrogens is 350 g/mol. The van der Waals surface area contributed by atoms with E-state index in [0.717, 1.165) is 0 Å². The van der Waals surface area contributed by atoms with Crippen LogP contribution in [0.1, 0.15) is 20.8 Å². The highest BCUT2D eigenvalue weighted by Crippen LogP contribution is 2.38. The number of hydrogen-bond acceptors (Lipinski definition) is 6. The van der Waals surface area contributed by atoms with Crippen LogP contribution in [0.15, 0.2) is 12.1 Å². The van der Waals surface area contributed by atoms with Crippen molar-refractivity contribution in [1.29, 1.82) is 0 Å². The fourth-order valence-corrected chi connectivity index (χ4v) is 2.78. The van der Waals surface area contributed by atoms with Crippen LogP contribution in [-0.2, 0) is 4.74 Å². The molecule has 0 spiro atoms. The fraction of sp³-hybridized carbons (Fsp3) is 0.562. The van der Waals surface area contributed by atoms with Crippen LogP contribution in [0.5, 0.6) is 5.75 Å². The van der Waals surface area contributed by atoms with Gasteiger partial charge in [-0.1, -0.05) is 11.6 Å². The number of rotatable bonds is 3. The van der Waals surface area contributed by atoms with Gasteiger partial charge in [0.05, 0.1) is 17.1 Å². The molecule has 0 aliphatic carbocycles. The first-order valence-electron chi connectivity index (χ1n) is 7.87. The van der Waals surface area contributed by atoms with Gasteiger partial charge in [0.1, 0.15) is 17.0 Å². The number of carbonyl (C=O) groups is 1. The highest BCUT2D eigenvalue weighted by atomic mass is 35.5. The molecule has 1 aromatic carbocycles. The van der Waals surface area contributed by atoms with Crippen molar-refractivity contribution in [2.75, 3.05) is 38.2 Å². The van der Waals surface area contributed by atoms with E-state index in [2.05, 4.69) is 0 Å². The summed E-state index contributed by atoms with van der Waals surface area (Å²) in [6.07, 6.45) is -0.379. The molecule has 1 aliphatic rings. The Morgan fingerprint density at radius 3 is 2.32 bits per heavy atom. The van der Waals surface area contributed by atoms with Crippen LogP contribution >= 0.6 is 11.6 Å². The van der Waals surface area contributed by atoms with Crippen LogP contribution in [0.25, 0.3) is 0 Å². The first-order chi connectivity index (χ1) is 11.6. The molecule has 2 rings (SSSR count). The summed E-state index contributed by atoms with van der Waals surface area (Å²) in [7, 11) is 1.46. The third-order valence-corrected chi connectivity index (χ3v) is 4.01. The highest BCUT2D eigenvalue weighted by Gasteiger charge is 2.29. The van der Waals surface area contributed by atoms with Gasteiger partial charge in [-0.2, -0.15) is 0 Å². The van der Waals surface area contributed by atoms with Gasteiger partial charge in [0.25, 0.3) is 5.69 Å². The van der Waals surface area contributed by atoms with Gasteiger partial charge >= 0.3 is 6.09 Å². The average molecular weight is 372 g/mol. The fourth-order valence-electron chi connectivity index (χ4n) is 2.54. The summed E-state index contributed by atoms with van der Waals surface area (Å²) in [5.41, 5.74) is -0.220. The minimum atomic E-state index is -0.559. The Balaban J connectivity index is 2.15. The number of benzene rings is 1. The molecular formula is C16H22ClN3O5. The number of anilines is 1. The van der Waals surface area contributed by atoms with Gasteiger partial charge in [-0.15, -0.1) is 0 Å². The second kappa shape index (κ2) is 7.35. The Kier molecular flexibility index (Phi) is 5.62. The minimum absolute atomic E-state index is 0.0866. The largest absolute Gasteiger partial charge is 0.495 e. The molecule has 1 aliphatic heterocycles. The molecule has 9 heteroatoms. The molecule has 8 nitrogen and oxygen atoms in total. The van der Waals surface area contributed by atoms with E-state index in [1.54, 1.807) is 11.0 Å². The number of halogens is 1. The van der Waals surface area contributed by atoms with Gasteiger partial charge < -0.3 is 19.3 Å². The Labute approximate surface area is 151 Å². The smallest absolute Gasteiger partial charge is 0.410 e. The van der Waals surface area contributed by atoms with E-state index in [9.17, 15) is 14.9 Å². The van der Waals surface area contributed by atoms with Crippen LogP contribution in [0.3, 0.4) is 0 Å². The summed E-state index contributed by atoms with van der Waals surface area (Å²) in [4.78, 5) is 26.4. The van der Waals surface area contributed by atoms with Crippen molar-refractivity contribution in [3.05, 3.63) is 27.3 Å². The van der Waals surface area contributed by atoms with Crippen molar-refractivity contribution in [2.24, 2.45) is 0 Å². The van der Waals surface area contributed by atoms with E-state index in [1.807, 2.05) is 25.7 Å². The van der Waals surface area contributed by atoms with Crippen molar-refractivity contribution in [1.82, 2.24) is 4.90 Å². The maximum atomic E-state index is 12.1. The Hall–Kier alpha value is -2.22. The summed E-state index contributed by atoms with van der Waals surface area (Å²) in [6.45, 7) is 7.16. The summed E-state index contributed by atoms with van der Waals surface area (Å²) in [6, 6.07) is 2.85. The minimum Gasteiger partial charge on any atom is -0.495 e. The third-order valence-electron chi connectivity index (χ3n) is 3.72. The average Bonchev–Trinajstić information content (AvgIpc) is 2.53. The SMILES string of the molecule is COc1cc(N2CCN(C(=O)OC(C)(C)C)CC2)c([N+](=O)[O-])cc1Cl. The third kappa shape index (κ3) is 4.66. The number of nitro benzene ring substituents is 1. The van der Waals surface area contributed by atoms with Crippen molar-refractivity contribution in [3.8, 4) is 5.75 Å². The van der Waals surface area contributed by atoms with Crippen molar-refractivity contribution >= 4 is 29.1 Å². The predicted octanol–water partition coefficient (Wildman–Crippen LogP) is 3.31. The number of ether oxygens (including phenoxy) is 2. The monoisotopic (exact) mass is 371 g/mol. The lowest BCUT2D eigenvalue weighted by Crippen LogP contribution is -2.50. The lowest BCUT2D eigenvalue weighted by molar-refractivity contribution is -0.384. The number of piperazine rings is 1. The zero-order chi connectivity index (χ0) is 18.8. The zero-order valence-electron chi connectivity index (χ0n) is 14.7. The van der Waals surface area contributed by atoms with Crippen LogP contribution < -0.4 is 9.64 Å². The van der Waals surface area contributed by atoms with E-state index in [0.29, 0.717) is 37.6 Å². The van der Waals surface area contributed by atoms with Gasteiger partial charge in [-0.25, -0.2) is 4.79 Å². The first-order valence-corrected chi connectivity index (χ1v) is 8.25. The molecule has 0 N–H and O–H groups in total. The maximum Gasteiger partial charge on any atom is 0.410 e. The number of nitrogens with zero attached hydrogens (tertiary/aromatic N) is 3. The van der Waals surface area contributed by atoms with E-state index in [-0.39, 0.29) is 16.8 Å². The topological polar surface area (TPSA) is 85.2 Å². The number of amides is 1. The summed E-state index contributed by atoms with van der Waals surface area (Å²) in [5.74, 6) is 0.372. The van der Waals surface area contributed by atoms with Crippen LogP contribution in [0.4, 0.5) is 16.2 Å². The Bertz CT molecular complexity index is 666. The van der Waals surface area contributed by atoms with E-state index < -0.39 is 10.5 Å². The van der Waals surface area contributed by atoms with Gasteiger partial charge in [0, 0.05) is 38.3 Å². The number of nitro groups is 1.